The Hall–Kier alpha value is -3.76. The lowest BCUT2D eigenvalue weighted by molar-refractivity contribution is -0.384. The van der Waals surface area contributed by atoms with E-state index in [2.05, 4.69) is 27.4 Å². The number of nitro groups is 1. The van der Waals surface area contributed by atoms with Crippen LogP contribution in [-0.2, 0) is 13.6 Å². The zero-order valence-electron chi connectivity index (χ0n) is 17.7. The first kappa shape index (κ1) is 21.9. The van der Waals surface area contributed by atoms with Gasteiger partial charge in [-0.05, 0) is 13.3 Å². The molecule has 0 unspecified atom stereocenters. The number of aromatic amines is 1. The smallest absolute Gasteiger partial charge is 0.303 e. The lowest BCUT2D eigenvalue weighted by Gasteiger charge is -2.08. The van der Waals surface area contributed by atoms with Crippen molar-refractivity contribution in [3.8, 4) is 0 Å². The highest BCUT2D eigenvalue weighted by molar-refractivity contribution is 5.99. The minimum atomic E-state index is -0.545. The van der Waals surface area contributed by atoms with Crippen LogP contribution in [0.15, 0.2) is 39.0 Å². The van der Waals surface area contributed by atoms with Crippen molar-refractivity contribution in [2.45, 2.75) is 46.1 Å². The van der Waals surface area contributed by atoms with Gasteiger partial charge in [-0.1, -0.05) is 38.3 Å². The van der Waals surface area contributed by atoms with Gasteiger partial charge in [0.05, 0.1) is 10.6 Å². The van der Waals surface area contributed by atoms with Crippen LogP contribution in [0.3, 0.4) is 0 Å². The SMILES string of the molecule is CCCCCCn1c(NN=C(C)c2cccc([N+](=O)[O-])c2)nc2c1c(=O)[nH]c(=O)n2C. The van der Waals surface area contributed by atoms with Crippen molar-refractivity contribution in [1.29, 1.82) is 0 Å². The van der Waals surface area contributed by atoms with Gasteiger partial charge in [-0.25, -0.2) is 10.2 Å². The Bertz CT molecular complexity index is 1250. The number of nitro benzene ring substituents is 1. The predicted molar refractivity (Wildman–Crippen MR) is 119 cm³/mol. The van der Waals surface area contributed by atoms with Gasteiger partial charge < -0.3 is 4.57 Å². The molecule has 0 aliphatic heterocycles. The number of aryl methyl sites for hydroxylation is 2. The average molecular weight is 427 g/mol. The molecule has 164 valence electrons. The molecule has 0 saturated heterocycles. The van der Waals surface area contributed by atoms with E-state index in [1.54, 1.807) is 23.6 Å². The Labute approximate surface area is 177 Å². The number of nitrogens with zero attached hydrogens (tertiary/aromatic N) is 5. The molecule has 0 amide bonds. The second kappa shape index (κ2) is 9.37. The lowest BCUT2D eigenvalue weighted by Crippen LogP contribution is -2.29. The normalized spacial score (nSPS) is 11.8. The molecule has 31 heavy (non-hydrogen) atoms. The van der Waals surface area contributed by atoms with Gasteiger partial charge in [0.1, 0.15) is 0 Å². The number of hydrogen-bond acceptors (Lipinski definition) is 7. The number of anilines is 1. The number of nitrogens with one attached hydrogen (secondary N) is 2. The van der Waals surface area contributed by atoms with Gasteiger partial charge in [0.2, 0.25) is 5.95 Å². The number of hydrazone groups is 1. The van der Waals surface area contributed by atoms with Crippen molar-refractivity contribution >= 4 is 28.5 Å². The first-order valence-corrected chi connectivity index (χ1v) is 10.1. The van der Waals surface area contributed by atoms with Gasteiger partial charge in [0, 0.05) is 31.3 Å². The fourth-order valence-corrected chi connectivity index (χ4v) is 3.28. The van der Waals surface area contributed by atoms with Crippen LogP contribution in [0.4, 0.5) is 11.6 Å². The van der Waals surface area contributed by atoms with E-state index in [1.807, 2.05) is 0 Å². The largest absolute Gasteiger partial charge is 0.329 e. The number of fused-ring (bicyclic) bond motifs is 1. The molecule has 0 spiro atoms. The summed E-state index contributed by atoms with van der Waals surface area (Å²) < 4.78 is 3.00. The van der Waals surface area contributed by atoms with Crippen molar-refractivity contribution < 1.29 is 4.92 Å². The van der Waals surface area contributed by atoms with Crippen molar-refractivity contribution in [3.63, 3.8) is 0 Å². The van der Waals surface area contributed by atoms with Crippen LogP contribution >= 0.6 is 0 Å². The van der Waals surface area contributed by atoms with E-state index < -0.39 is 16.2 Å². The highest BCUT2D eigenvalue weighted by Gasteiger charge is 2.17. The number of rotatable bonds is 9. The van der Waals surface area contributed by atoms with Crippen LogP contribution in [-0.4, -0.2) is 29.7 Å². The van der Waals surface area contributed by atoms with Crippen LogP contribution in [0.25, 0.3) is 11.2 Å². The number of H-pyrrole nitrogens is 1. The Morgan fingerprint density at radius 2 is 2.06 bits per heavy atom. The summed E-state index contributed by atoms with van der Waals surface area (Å²) in [7, 11) is 1.54. The summed E-state index contributed by atoms with van der Waals surface area (Å²) in [6.45, 7) is 4.36. The molecule has 2 heterocycles. The molecule has 0 aliphatic carbocycles. The van der Waals surface area contributed by atoms with Crippen molar-refractivity contribution in [2.24, 2.45) is 12.1 Å². The fourth-order valence-electron chi connectivity index (χ4n) is 3.28. The van der Waals surface area contributed by atoms with E-state index in [1.165, 1.54) is 23.7 Å². The van der Waals surface area contributed by atoms with Crippen LogP contribution in [0.5, 0.6) is 0 Å². The number of imidazole rings is 1. The standard InChI is InChI=1S/C20H25N7O4/c1-4-5-6-7-11-26-16-17(25(3)20(29)22-18(16)28)21-19(26)24-23-13(2)14-9-8-10-15(12-14)27(30)31/h8-10,12H,4-7,11H2,1-3H3,(H,21,24)(H,22,28,29). The third-order valence-corrected chi connectivity index (χ3v) is 5.04. The van der Waals surface area contributed by atoms with Crippen molar-refractivity contribution in [3.05, 3.63) is 60.8 Å². The Kier molecular flexibility index (Phi) is 6.63. The maximum absolute atomic E-state index is 12.5. The van der Waals surface area contributed by atoms with E-state index >= 15 is 0 Å². The molecule has 0 saturated carbocycles. The van der Waals surface area contributed by atoms with Gasteiger partial charge in [0.15, 0.2) is 11.2 Å². The number of aromatic nitrogens is 4. The van der Waals surface area contributed by atoms with Gasteiger partial charge in [-0.2, -0.15) is 10.1 Å². The van der Waals surface area contributed by atoms with Crippen molar-refractivity contribution in [2.75, 3.05) is 5.43 Å². The van der Waals surface area contributed by atoms with Gasteiger partial charge in [-0.15, -0.1) is 0 Å². The summed E-state index contributed by atoms with van der Waals surface area (Å²) in [5.74, 6) is 0.322. The first-order chi connectivity index (χ1) is 14.8. The zero-order valence-corrected chi connectivity index (χ0v) is 17.7. The zero-order chi connectivity index (χ0) is 22.5. The Morgan fingerprint density at radius 1 is 1.29 bits per heavy atom. The molecule has 2 aromatic heterocycles. The third kappa shape index (κ3) is 4.71. The maximum Gasteiger partial charge on any atom is 0.329 e. The third-order valence-electron chi connectivity index (χ3n) is 5.04. The van der Waals surface area contributed by atoms with E-state index in [0.29, 0.717) is 29.3 Å². The molecular formula is C20H25N7O4. The van der Waals surface area contributed by atoms with Crippen molar-refractivity contribution in [1.82, 2.24) is 19.1 Å². The molecule has 1 aromatic carbocycles. The summed E-state index contributed by atoms with van der Waals surface area (Å²) in [6.07, 6.45) is 3.99. The lowest BCUT2D eigenvalue weighted by atomic mass is 10.1. The highest BCUT2D eigenvalue weighted by Crippen LogP contribution is 2.18. The summed E-state index contributed by atoms with van der Waals surface area (Å²) in [4.78, 5) is 41.7. The molecule has 0 radical (unpaired) electrons. The quantitative estimate of drug-likeness (QED) is 0.233. The minimum absolute atomic E-state index is 0.0308. The number of benzene rings is 1. The van der Waals surface area contributed by atoms with E-state index in [9.17, 15) is 19.7 Å². The highest BCUT2D eigenvalue weighted by atomic mass is 16.6. The number of non-ortho nitro benzene ring substituents is 1. The minimum Gasteiger partial charge on any atom is -0.303 e. The van der Waals surface area contributed by atoms with E-state index in [-0.39, 0.29) is 11.3 Å². The van der Waals surface area contributed by atoms with Crippen LogP contribution < -0.4 is 16.7 Å². The monoisotopic (exact) mass is 427 g/mol. The van der Waals surface area contributed by atoms with Gasteiger partial charge in [0.25, 0.3) is 11.2 Å². The molecule has 3 rings (SSSR count). The molecule has 3 aromatic rings. The van der Waals surface area contributed by atoms with E-state index in [0.717, 1.165) is 25.7 Å². The predicted octanol–water partition coefficient (Wildman–Crippen LogP) is 2.75. The molecular weight excluding hydrogens is 402 g/mol. The van der Waals surface area contributed by atoms with Crippen LogP contribution in [0.2, 0.25) is 0 Å². The summed E-state index contributed by atoms with van der Waals surface area (Å²) in [5.41, 5.74) is 3.43. The summed E-state index contributed by atoms with van der Waals surface area (Å²) in [5, 5.41) is 15.3. The van der Waals surface area contributed by atoms with Crippen LogP contribution in [0.1, 0.15) is 45.1 Å². The molecule has 11 nitrogen and oxygen atoms in total. The molecule has 11 heteroatoms. The van der Waals surface area contributed by atoms with Gasteiger partial charge in [-0.3, -0.25) is 24.5 Å². The van der Waals surface area contributed by atoms with Gasteiger partial charge >= 0.3 is 5.69 Å². The number of unbranched alkanes of at least 4 members (excludes halogenated alkanes) is 3. The average Bonchev–Trinajstić information content (AvgIpc) is 3.12. The first-order valence-electron chi connectivity index (χ1n) is 10.1. The molecule has 0 fully saturated rings. The summed E-state index contributed by atoms with van der Waals surface area (Å²) >= 11 is 0. The Morgan fingerprint density at radius 3 is 2.77 bits per heavy atom. The molecule has 2 N–H and O–H groups in total. The number of hydrogen-bond donors (Lipinski definition) is 2. The second-order valence-electron chi connectivity index (χ2n) is 7.25. The topological polar surface area (TPSA) is 140 Å². The Balaban J connectivity index is 1.99. The molecule has 0 atom stereocenters. The maximum atomic E-state index is 12.5. The molecule has 0 bridgehead atoms. The fraction of sp³-hybridized carbons (Fsp3) is 0.400. The van der Waals surface area contributed by atoms with Crippen LogP contribution in [0, 0.1) is 10.1 Å². The second-order valence-corrected chi connectivity index (χ2v) is 7.25. The molecule has 0 aliphatic rings. The summed E-state index contributed by atoms with van der Waals surface area (Å²) in [6, 6.07) is 6.15. The van der Waals surface area contributed by atoms with E-state index in [4.69, 9.17) is 0 Å².